The number of carbonyl (C=O) groups is 1. The highest BCUT2D eigenvalue weighted by Crippen LogP contribution is 2.31. The molecule has 0 saturated heterocycles. The molecule has 1 unspecified atom stereocenters. The molecule has 3 rings (SSSR count). The van der Waals surface area contributed by atoms with Crippen molar-refractivity contribution in [2.24, 2.45) is 0 Å². The van der Waals surface area contributed by atoms with E-state index in [9.17, 15) is 9.90 Å². The molecule has 3 N–H and O–H groups in total. The first-order valence-corrected chi connectivity index (χ1v) is 7.78. The zero-order valence-corrected chi connectivity index (χ0v) is 13.7. The van der Waals surface area contributed by atoms with Gasteiger partial charge in [-0.1, -0.05) is 41.4 Å². The van der Waals surface area contributed by atoms with Crippen molar-refractivity contribution >= 4 is 45.7 Å². The first-order valence-electron chi connectivity index (χ1n) is 7.02. The average Bonchev–Trinajstić information content (AvgIpc) is 2.84. The number of amides is 1. The van der Waals surface area contributed by atoms with Gasteiger partial charge in [0.15, 0.2) is 0 Å². The lowest BCUT2D eigenvalue weighted by atomic mass is 10.1. The SMILES string of the molecule is CC(O)c1ccccc1NC(=O)c1[nH]c2ccc(Cl)cc2c1Cl. The van der Waals surface area contributed by atoms with Crippen molar-refractivity contribution < 1.29 is 9.90 Å². The second-order valence-corrected chi connectivity index (χ2v) is 6.04. The fraction of sp³-hybridized carbons (Fsp3) is 0.118. The zero-order chi connectivity index (χ0) is 16.6. The molecule has 6 heteroatoms. The summed E-state index contributed by atoms with van der Waals surface area (Å²) in [5.74, 6) is -0.379. The van der Waals surface area contributed by atoms with Crippen LogP contribution in [0.4, 0.5) is 5.69 Å². The van der Waals surface area contributed by atoms with Crippen molar-refractivity contribution in [1.29, 1.82) is 0 Å². The highest BCUT2D eigenvalue weighted by molar-refractivity contribution is 6.40. The number of aromatic amines is 1. The smallest absolute Gasteiger partial charge is 0.273 e. The summed E-state index contributed by atoms with van der Waals surface area (Å²) in [5.41, 5.74) is 2.16. The Morgan fingerprint density at radius 3 is 2.70 bits per heavy atom. The number of halogens is 2. The van der Waals surface area contributed by atoms with Crippen molar-refractivity contribution in [3.8, 4) is 0 Å². The van der Waals surface area contributed by atoms with Gasteiger partial charge in [0.05, 0.1) is 11.1 Å². The van der Waals surface area contributed by atoms with E-state index in [1.807, 2.05) is 0 Å². The molecule has 0 saturated carbocycles. The summed E-state index contributed by atoms with van der Waals surface area (Å²) in [6.45, 7) is 1.64. The van der Waals surface area contributed by atoms with Crippen LogP contribution < -0.4 is 5.32 Å². The maximum atomic E-state index is 12.5. The van der Waals surface area contributed by atoms with Gasteiger partial charge in [-0.25, -0.2) is 0 Å². The number of aromatic nitrogens is 1. The van der Waals surface area contributed by atoms with Gasteiger partial charge in [0, 0.05) is 27.2 Å². The van der Waals surface area contributed by atoms with Crippen LogP contribution in [0.15, 0.2) is 42.5 Å². The van der Waals surface area contributed by atoms with Crippen molar-refractivity contribution in [2.45, 2.75) is 13.0 Å². The molecule has 0 bridgehead atoms. The third-order valence-corrected chi connectivity index (χ3v) is 4.21. The summed E-state index contributed by atoms with van der Waals surface area (Å²) in [5, 5.41) is 14.1. The molecule has 0 radical (unpaired) electrons. The molecule has 23 heavy (non-hydrogen) atoms. The Kier molecular flexibility index (Phi) is 4.31. The number of nitrogens with one attached hydrogen (secondary N) is 2. The predicted molar refractivity (Wildman–Crippen MR) is 93.3 cm³/mol. The Balaban J connectivity index is 1.97. The minimum Gasteiger partial charge on any atom is -0.389 e. The topological polar surface area (TPSA) is 65.1 Å². The summed E-state index contributed by atoms with van der Waals surface area (Å²) in [6, 6.07) is 12.3. The molecule has 118 valence electrons. The minimum atomic E-state index is -0.691. The number of aliphatic hydroxyl groups excluding tert-OH is 1. The van der Waals surface area contributed by atoms with Crippen LogP contribution in [0.1, 0.15) is 29.1 Å². The fourth-order valence-electron chi connectivity index (χ4n) is 2.45. The van der Waals surface area contributed by atoms with Crippen LogP contribution in [0.5, 0.6) is 0 Å². The molecule has 2 aromatic carbocycles. The number of benzene rings is 2. The molecule has 0 aliphatic carbocycles. The average molecular weight is 349 g/mol. The number of anilines is 1. The predicted octanol–water partition coefficient (Wildman–Crippen LogP) is 4.78. The molecule has 0 spiro atoms. The molecule has 4 nitrogen and oxygen atoms in total. The Labute approximate surface area is 143 Å². The van der Waals surface area contributed by atoms with Gasteiger partial charge in [-0.3, -0.25) is 4.79 Å². The maximum absolute atomic E-state index is 12.5. The number of carbonyl (C=O) groups excluding carboxylic acids is 1. The number of hydrogen-bond donors (Lipinski definition) is 3. The summed E-state index contributed by atoms with van der Waals surface area (Å²) < 4.78 is 0. The van der Waals surface area contributed by atoms with E-state index in [4.69, 9.17) is 23.2 Å². The zero-order valence-electron chi connectivity index (χ0n) is 12.2. The van der Waals surface area contributed by atoms with Crippen LogP contribution in [0.2, 0.25) is 10.0 Å². The van der Waals surface area contributed by atoms with Crippen molar-refractivity contribution in [3.63, 3.8) is 0 Å². The number of aliphatic hydroxyl groups is 1. The van der Waals surface area contributed by atoms with E-state index in [2.05, 4.69) is 10.3 Å². The van der Waals surface area contributed by atoms with Crippen molar-refractivity contribution in [1.82, 2.24) is 4.98 Å². The van der Waals surface area contributed by atoms with Crippen LogP contribution in [-0.2, 0) is 0 Å². The number of fused-ring (bicyclic) bond motifs is 1. The lowest BCUT2D eigenvalue weighted by Gasteiger charge is -2.12. The van der Waals surface area contributed by atoms with E-state index >= 15 is 0 Å². The van der Waals surface area contributed by atoms with Gasteiger partial charge in [-0.15, -0.1) is 0 Å². The van der Waals surface area contributed by atoms with E-state index < -0.39 is 6.10 Å². The Morgan fingerprint density at radius 1 is 1.22 bits per heavy atom. The number of para-hydroxylation sites is 1. The molecule has 1 amide bonds. The second kappa shape index (κ2) is 6.24. The molecular formula is C17H14Cl2N2O2. The summed E-state index contributed by atoms with van der Waals surface area (Å²) >= 11 is 12.3. The van der Waals surface area contributed by atoms with E-state index in [0.717, 1.165) is 5.52 Å². The van der Waals surface area contributed by atoms with Crippen LogP contribution in [0.3, 0.4) is 0 Å². The molecule has 1 aromatic heterocycles. The lowest BCUT2D eigenvalue weighted by molar-refractivity contribution is 0.102. The number of hydrogen-bond acceptors (Lipinski definition) is 2. The summed E-state index contributed by atoms with van der Waals surface area (Å²) in [4.78, 5) is 15.5. The van der Waals surface area contributed by atoms with Gasteiger partial charge in [-0.2, -0.15) is 0 Å². The van der Waals surface area contributed by atoms with Crippen molar-refractivity contribution in [2.75, 3.05) is 5.32 Å². The summed E-state index contributed by atoms with van der Waals surface area (Å²) in [7, 11) is 0. The molecule has 0 fully saturated rings. The van der Waals surface area contributed by atoms with E-state index in [0.29, 0.717) is 26.7 Å². The van der Waals surface area contributed by atoms with Gasteiger partial charge in [-0.05, 0) is 31.2 Å². The first kappa shape index (κ1) is 15.9. The minimum absolute atomic E-state index is 0.254. The van der Waals surface area contributed by atoms with E-state index in [1.54, 1.807) is 49.4 Å². The van der Waals surface area contributed by atoms with Gasteiger partial charge >= 0.3 is 0 Å². The third kappa shape index (κ3) is 3.06. The van der Waals surface area contributed by atoms with E-state index in [1.165, 1.54) is 0 Å². The molecule has 0 aliphatic heterocycles. The normalized spacial score (nSPS) is 12.3. The van der Waals surface area contributed by atoms with Gasteiger partial charge < -0.3 is 15.4 Å². The largest absolute Gasteiger partial charge is 0.389 e. The van der Waals surface area contributed by atoms with Crippen LogP contribution in [0, 0.1) is 0 Å². The molecule has 3 aromatic rings. The second-order valence-electron chi connectivity index (χ2n) is 5.22. The van der Waals surface area contributed by atoms with E-state index in [-0.39, 0.29) is 11.6 Å². The van der Waals surface area contributed by atoms with Gasteiger partial charge in [0.25, 0.3) is 5.91 Å². The van der Waals surface area contributed by atoms with Crippen LogP contribution in [0.25, 0.3) is 10.9 Å². The highest BCUT2D eigenvalue weighted by atomic mass is 35.5. The summed E-state index contributed by atoms with van der Waals surface area (Å²) in [6.07, 6.45) is -0.691. The Bertz CT molecular complexity index is 887. The highest BCUT2D eigenvalue weighted by Gasteiger charge is 2.18. The quantitative estimate of drug-likeness (QED) is 0.637. The standard InChI is InChI=1S/C17H14Cl2N2O2/c1-9(22)11-4-2-3-5-13(11)21-17(23)16-15(19)12-8-10(18)6-7-14(12)20-16/h2-9,20,22H,1H3,(H,21,23). The number of H-pyrrole nitrogens is 1. The Hall–Kier alpha value is -2.01. The lowest BCUT2D eigenvalue weighted by Crippen LogP contribution is -2.14. The molecule has 1 heterocycles. The molecule has 1 atom stereocenters. The third-order valence-electron chi connectivity index (χ3n) is 3.58. The molecular weight excluding hydrogens is 335 g/mol. The Morgan fingerprint density at radius 2 is 1.96 bits per heavy atom. The van der Waals surface area contributed by atoms with Crippen LogP contribution >= 0.6 is 23.2 Å². The molecule has 0 aliphatic rings. The monoisotopic (exact) mass is 348 g/mol. The van der Waals surface area contributed by atoms with Crippen molar-refractivity contribution in [3.05, 3.63) is 63.8 Å². The van der Waals surface area contributed by atoms with Gasteiger partial charge in [0.1, 0.15) is 5.69 Å². The first-order chi connectivity index (χ1) is 11.0. The number of rotatable bonds is 3. The fourth-order valence-corrected chi connectivity index (χ4v) is 2.91. The maximum Gasteiger partial charge on any atom is 0.273 e. The van der Waals surface area contributed by atoms with Gasteiger partial charge in [0.2, 0.25) is 0 Å². The van der Waals surface area contributed by atoms with Crippen LogP contribution in [-0.4, -0.2) is 16.0 Å².